The Kier molecular flexibility index (Phi) is 7.35. The van der Waals surface area contributed by atoms with Gasteiger partial charge < -0.3 is 5.11 Å². The van der Waals surface area contributed by atoms with Gasteiger partial charge in [0.2, 0.25) is 0 Å². The molecule has 0 aromatic carbocycles. The van der Waals surface area contributed by atoms with Crippen molar-refractivity contribution in [3.63, 3.8) is 0 Å². The summed E-state index contributed by atoms with van der Waals surface area (Å²) in [5.74, 6) is 0. The van der Waals surface area contributed by atoms with Crippen LogP contribution in [0.1, 0.15) is 13.3 Å². The molecule has 0 rings (SSSR count). The normalized spacial score (nSPS) is 13.9. The molecule has 7 heteroatoms. The van der Waals surface area contributed by atoms with E-state index in [1.165, 1.54) is 6.92 Å². The average molecular weight is 180 g/mol. The number of hydrogen-bond acceptors (Lipinski definition) is 4. The van der Waals surface area contributed by atoms with Crippen LogP contribution in [0.4, 0.5) is 0 Å². The Labute approximate surface area is 81.6 Å². The quantitative estimate of drug-likeness (QED) is 0.326. The molecule has 0 aliphatic rings. The number of aliphatic hydroxyl groups excluding tert-OH is 1. The zero-order valence-corrected chi connectivity index (χ0v) is 5.63. The van der Waals surface area contributed by atoms with Crippen molar-refractivity contribution in [2.75, 3.05) is 0 Å². The van der Waals surface area contributed by atoms with Gasteiger partial charge in [-0.2, -0.15) is 8.42 Å². The first kappa shape index (κ1) is 13.4. The first-order chi connectivity index (χ1) is 3.95. The molecular weight excluding hydrogens is 171 g/mol. The molecule has 0 aromatic rings. The van der Waals surface area contributed by atoms with Crippen LogP contribution >= 0.6 is 0 Å². The zero-order chi connectivity index (χ0) is 7.49. The van der Waals surface area contributed by atoms with Crippen molar-refractivity contribution in [1.82, 2.24) is 0 Å². The molecule has 0 fully saturated rings. The summed E-state index contributed by atoms with van der Waals surface area (Å²) in [5.41, 5.74) is 0. The van der Waals surface area contributed by atoms with Gasteiger partial charge in [0, 0.05) is 0 Å². The van der Waals surface area contributed by atoms with Gasteiger partial charge in [-0.05, 0) is 6.42 Å². The Morgan fingerprint density at radius 2 is 2.00 bits per heavy atom. The second kappa shape index (κ2) is 5.48. The van der Waals surface area contributed by atoms with Gasteiger partial charge in [-0.1, -0.05) is 6.92 Å². The predicted octanol–water partition coefficient (Wildman–Crippen LogP) is -1.11. The van der Waals surface area contributed by atoms with Gasteiger partial charge in [0.1, 0.15) is 0 Å². The summed E-state index contributed by atoms with van der Waals surface area (Å²) in [7, 11) is -4.49. The Morgan fingerprint density at radius 1 is 1.60 bits per heavy atom. The van der Waals surface area contributed by atoms with Crippen LogP contribution < -0.4 is 0 Å². The van der Waals surface area contributed by atoms with Crippen molar-refractivity contribution < 1.29 is 22.3 Å². The monoisotopic (exact) mass is 180 g/mol. The molecule has 0 saturated carbocycles. The first-order valence-electron chi connectivity index (χ1n) is 2.29. The third kappa shape index (κ3) is 8.83. The molecule has 58 valence electrons. The van der Waals surface area contributed by atoms with Crippen molar-refractivity contribution in [2.45, 2.75) is 19.6 Å². The standard InChI is InChI=1S/C3H8O5S.Na.H/c1-2-3(4)8-9(5,6)7;;/h3-4H,2H2,1H3,(H,5,6,7);;. The van der Waals surface area contributed by atoms with E-state index in [-0.39, 0.29) is 36.0 Å². The molecule has 1 unspecified atom stereocenters. The molecule has 0 aromatic heterocycles. The van der Waals surface area contributed by atoms with Gasteiger partial charge >= 0.3 is 40.0 Å². The molecule has 1 atom stereocenters. The fourth-order valence-electron chi connectivity index (χ4n) is 0.208. The maximum atomic E-state index is 9.77. The molecular formula is C3H9NaO5S. The minimum atomic E-state index is -4.49. The second-order valence-electron chi connectivity index (χ2n) is 1.39. The topological polar surface area (TPSA) is 83.8 Å². The summed E-state index contributed by atoms with van der Waals surface area (Å²) in [6, 6.07) is 0. The predicted molar refractivity (Wildman–Crippen MR) is 36.1 cm³/mol. The molecule has 0 aliphatic heterocycles. The van der Waals surface area contributed by atoms with Crippen molar-refractivity contribution >= 4 is 40.0 Å². The average Bonchev–Trinajstić information content (AvgIpc) is 1.62. The summed E-state index contributed by atoms with van der Waals surface area (Å²) in [6.45, 7) is 1.51. The summed E-state index contributed by atoms with van der Waals surface area (Å²) in [6.07, 6.45) is -1.33. The summed E-state index contributed by atoms with van der Waals surface area (Å²) in [4.78, 5) is 0. The van der Waals surface area contributed by atoms with Crippen LogP contribution in [0.3, 0.4) is 0 Å². The van der Waals surface area contributed by atoms with Gasteiger partial charge in [0.05, 0.1) is 0 Å². The Hall–Kier alpha value is 0.830. The number of aliphatic hydroxyl groups is 1. The Balaban J connectivity index is 0. The fourth-order valence-corrected chi connectivity index (χ4v) is 0.625. The van der Waals surface area contributed by atoms with E-state index in [1.807, 2.05) is 0 Å². The minimum absolute atomic E-state index is 0. The Morgan fingerprint density at radius 3 is 2.10 bits per heavy atom. The van der Waals surface area contributed by atoms with Gasteiger partial charge in [-0.25, -0.2) is 4.18 Å². The van der Waals surface area contributed by atoms with E-state index in [0.29, 0.717) is 0 Å². The van der Waals surface area contributed by atoms with Gasteiger partial charge in [-0.3, -0.25) is 4.55 Å². The number of hydrogen-bond donors (Lipinski definition) is 2. The van der Waals surface area contributed by atoms with Crippen LogP contribution in [-0.4, -0.2) is 53.9 Å². The number of rotatable bonds is 3. The van der Waals surface area contributed by atoms with Crippen LogP contribution in [-0.2, 0) is 14.6 Å². The molecule has 0 radical (unpaired) electrons. The first-order valence-corrected chi connectivity index (χ1v) is 3.66. The molecule has 5 nitrogen and oxygen atoms in total. The molecule has 10 heavy (non-hydrogen) atoms. The van der Waals surface area contributed by atoms with Crippen molar-refractivity contribution in [3.05, 3.63) is 0 Å². The van der Waals surface area contributed by atoms with E-state index in [4.69, 9.17) is 9.66 Å². The molecule has 0 spiro atoms. The summed E-state index contributed by atoms with van der Waals surface area (Å²) >= 11 is 0. The van der Waals surface area contributed by atoms with Crippen molar-refractivity contribution in [2.24, 2.45) is 0 Å². The van der Waals surface area contributed by atoms with E-state index < -0.39 is 16.7 Å². The van der Waals surface area contributed by atoms with Crippen LogP contribution in [0.15, 0.2) is 0 Å². The second-order valence-corrected chi connectivity index (χ2v) is 2.43. The van der Waals surface area contributed by atoms with Gasteiger partial charge in [-0.15, -0.1) is 0 Å². The molecule has 0 aliphatic carbocycles. The van der Waals surface area contributed by atoms with Gasteiger partial charge in [0.25, 0.3) is 0 Å². The molecule has 0 saturated heterocycles. The molecule has 2 N–H and O–H groups in total. The maximum absolute atomic E-state index is 9.77. The van der Waals surface area contributed by atoms with E-state index in [1.54, 1.807) is 0 Å². The van der Waals surface area contributed by atoms with E-state index >= 15 is 0 Å². The van der Waals surface area contributed by atoms with Crippen LogP contribution in [0, 0.1) is 0 Å². The van der Waals surface area contributed by atoms with Crippen LogP contribution in [0.25, 0.3) is 0 Å². The Bertz CT molecular complexity index is 164. The molecule has 0 heterocycles. The SMILES string of the molecule is CCC(O)OS(=O)(=O)O.[NaH]. The molecule has 0 bridgehead atoms. The van der Waals surface area contributed by atoms with E-state index in [2.05, 4.69) is 4.18 Å². The van der Waals surface area contributed by atoms with Crippen molar-refractivity contribution in [3.8, 4) is 0 Å². The van der Waals surface area contributed by atoms with Gasteiger partial charge in [0.15, 0.2) is 6.29 Å². The van der Waals surface area contributed by atoms with Crippen molar-refractivity contribution in [1.29, 1.82) is 0 Å². The molecule has 0 amide bonds. The summed E-state index contributed by atoms with van der Waals surface area (Å²) in [5, 5.41) is 8.43. The van der Waals surface area contributed by atoms with E-state index in [9.17, 15) is 8.42 Å². The third-order valence-corrected chi connectivity index (χ3v) is 1.05. The third-order valence-electron chi connectivity index (χ3n) is 0.582. The van der Waals surface area contributed by atoms with E-state index in [0.717, 1.165) is 0 Å². The fraction of sp³-hybridized carbons (Fsp3) is 1.00. The van der Waals surface area contributed by atoms with Crippen LogP contribution in [0.5, 0.6) is 0 Å². The zero-order valence-electron chi connectivity index (χ0n) is 4.81. The summed E-state index contributed by atoms with van der Waals surface area (Å²) < 4.78 is 31.1. The van der Waals surface area contributed by atoms with Crippen LogP contribution in [0.2, 0.25) is 0 Å².